The molecule has 0 unspecified atom stereocenters. The fourth-order valence-corrected chi connectivity index (χ4v) is 5.52. The van der Waals surface area contributed by atoms with Gasteiger partial charge in [-0.1, -0.05) is 35.9 Å². The van der Waals surface area contributed by atoms with Gasteiger partial charge in [-0.2, -0.15) is 13.2 Å². The van der Waals surface area contributed by atoms with Gasteiger partial charge >= 0.3 is 6.18 Å². The number of hydrogen-bond acceptors (Lipinski definition) is 4. The van der Waals surface area contributed by atoms with Gasteiger partial charge in [-0.05, 0) is 69.0 Å². The molecule has 3 aromatic carbocycles. The summed E-state index contributed by atoms with van der Waals surface area (Å²) in [4.78, 5) is 21.7. The number of ether oxygens (including phenoxy) is 1. The normalized spacial score (nSPS) is 17.0. The van der Waals surface area contributed by atoms with Crippen molar-refractivity contribution in [3.8, 4) is 5.75 Å². The second-order valence-electron chi connectivity index (χ2n) is 10.9. The third-order valence-corrected chi connectivity index (χ3v) is 7.68. The Morgan fingerprint density at radius 1 is 1.13 bits per heavy atom. The Kier molecular flexibility index (Phi) is 5.66. The van der Waals surface area contributed by atoms with Gasteiger partial charge in [-0.3, -0.25) is 4.79 Å². The molecule has 6 nitrogen and oxygen atoms in total. The Morgan fingerprint density at radius 2 is 1.87 bits per heavy atom. The van der Waals surface area contributed by atoms with Crippen molar-refractivity contribution >= 4 is 40.2 Å². The SMILES string of the molecule is Cc1cccc(Cl)c1Nc1nc2cc(C(=O)NC3(c4cccc(C(F)(F)F)c4)CC3)c3c(c2[nH]1)CC(C)(C)O3. The van der Waals surface area contributed by atoms with Crippen molar-refractivity contribution in [3.05, 3.63) is 81.4 Å². The van der Waals surface area contributed by atoms with Crippen LogP contribution in [-0.4, -0.2) is 21.5 Å². The minimum Gasteiger partial charge on any atom is -0.486 e. The first kappa shape index (κ1) is 25.6. The van der Waals surface area contributed by atoms with E-state index in [0.717, 1.165) is 34.5 Å². The zero-order valence-electron chi connectivity index (χ0n) is 21.5. The third kappa shape index (κ3) is 4.58. The number of imidazole rings is 1. The molecule has 1 aromatic heterocycles. The van der Waals surface area contributed by atoms with Gasteiger partial charge in [0.05, 0.1) is 38.4 Å². The second kappa shape index (κ2) is 8.64. The number of halogens is 4. The van der Waals surface area contributed by atoms with Crippen LogP contribution in [0.2, 0.25) is 5.02 Å². The number of rotatable bonds is 5. The van der Waals surface area contributed by atoms with Gasteiger partial charge in [0.15, 0.2) is 0 Å². The first-order valence-corrected chi connectivity index (χ1v) is 13.0. The molecule has 0 saturated heterocycles. The molecule has 1 aliphatic carbocycles. The summed E-state index contributed by atoms with van der Waals surface area (Å²) in [6, 6.07) is 12.4. The largest absolute Gasteiger partial charge is 0.486 e. The lowest BCUT2D eigenvalue weighted by molar-refractivity contribution is -0.137. The molecule has 4 aromatic rings. The molecule has 39 heavy (non-hydrogen) atoms. The van der Waals surface area contributed by atoms with E-state index in [1.54, 1.807) is 18.2 Å². The maximum Gasteiger partial charge on any atom is 0.416 e. The number of nitrogens with one attached hydrogen (secondary N) is 3. The molecule has 0 radical (unpaired) electrons. The number of aromatic amines is 1. The summed E-state index contributed by atoms with van der Waals surface area (Å²) in [5, 5.41) is 6.80. The topological polar surface area (TPSA) is 79.0 Å². The predicted molar refractivity (Wildman–Crippen MR) is 144 cm³/mol. The quantitative estimate of drug-likeness (QED) is 0.240. The zero-order chi connectivity index (χ0) is 27.7. The Labute approximate surface area is 227 Å². The first-order chi connectivity index (χ1) is 18.4. The molecule has 0 spiro atoms. The van der Waals surface area contributed by atoms with Crippen molar-refractivity contribution in [2.75, 3.05) is 5.32 Å². The molecule has 6 rings (SSSR count). The highest BCUT2D eigenvalue weighted by Gasteiger charge is 2.47. The summed E-state index contributed by atoms with van der Waals surface area (Å²) in [7, 11) is 0. The standard InChI is InChI=1S/C29H26ClF3N4O2/c1-15-6-4-9-20(30)22(15)35-26-34-21-13-18(24-19(23(21)36-26)14-27(2,3)39-24)25(38)37-28(10-11-28)16-7-5-8-17(12-16)29(31,32)33/h4-9,12-13H,10-11,14H2,1-3H3,(H,37,38)(H2,34,35,36). The number of para-hydroxylation sites is 1. The van der Waals surface area contributed by atoms with Crippen LogP contribution in [0.3, 0.4) is 0 Å². The Morgan fingerprint density at radius 3 is 2.56 bits per heavy atom. The number of amides is 1. The number of carbonyl (C=O) groups excluding carboxylic acids is 1. The number of hydrogen-bond donors (Lipinski definition) is 3. The summed E-state index contributed by atoms with van der Waals surface area (Å²) in [5.41, 5.74) is 2.40. The summed E-state index contributed by atoms with van der Waals surface area (Å²) in [6.45, 7) is 5.81. The van der Waals surface area contributed by atoms with Crippen LogP contribution >= 0.6 is 11.6 Å². The molecule has 0 atom stereocenters. The first-order valence-electron chi connectivity index (χ1n) is 12.6. The third-order valence-electron chi connectivity index (χ3n) is 7.37. The van der Waals surface area contributed by atoms with Crippen LogP contribution in [0, 0.1) is 6.92 Å². The maximum atomic E-state index is 13.7. The van der Waals surface area contributed by atoms with Crippen molar-refractivity contribution in [3.63, 3.8) is 0 Å². The van der Waals surface area contributed by atoms with Crippen LogP contribution in [0.4, 0.5) is 24.8 Å². The number of aromatic nitrogens is 2. The highest BCUT2D eigenvalue weighted by molar-refractivity contribution is 6.33. The highest BCUT2D eigenvalue weighted by atomic mass is 35.5. The van der Waals surface area contributed by atoms with Crippen molar-refractivity contribution in [2.24, 2.45) is 0 Å². The zero-order valence-corrected chi connectivity index (χ0v) is 22.3. The number of carbonyl (C=O) groups is 1. The minimum atomic E-state index is -4.46. The number of H-pyrrole nitrogens is 1. The van der Waals surface area contributed by atoms with Crippen LogP contribution in [0.15, 0.2) is 48.5 Å². The Balaban J connectivity index is 1.37. The number of fused-ring (bicyclic) bond motifs is 3. The van der Waals surface area contributed by atoms with Crippen molar-refractivity contribution in [1.82, 2.24) is 15.3 Å². The van der Waals surface area contributed by atoms with Gasteiger partial charge in [-0.15, -0.1) is 0 Å². The summed E-state index contributed by atoms with van der Waals surface area (Å²) in [5.74, 6) is 0.502. The predicted octanol–water partition coefficient (Wildman–Crippen LogP) is 7.42. The molecule has 1 aliphatic heterocycles. The molecule has 1 saturated carbocycles. The van der Waals surface area contributed by atoms with Crippen LogP contribution in [0.25, 0.3) is 11.0 Å². The molecule has 1 fully saturated rings. The lowest BCUT2D eigenvalue weighted by Gasteiger charge is -2.21. The summed E-state index contributed by atoms with van der Waals surface area (Å²) >= 11 is 6.39. The van der Waals surface area contributed by atoms with Gasteiger partial charge in [0, 0.05) is 12.0 Å². The minimum absolute atomic E-state index is 0.299. The smallest absolute Gasteiger partial charge is 0.416 e. The van der Waals surface area contributed by atoms with E-state index in [9.17, 15) is 18.0 Å². The van der Waals surface area contributed by atoms with E-state index in [2.05, 4.69) is 20.6 Å². The molecule has 202 valence electrons. The monoisotopic (exact) mass is 554 g/mol. The lowest BCUT2D eigenvalue weighted by atomic mass is 9.98. The van der Waals surface area contributed by atoms with Gasteiger partial charge in [-0.25, -0.2) is 4.98 Å². The fourth-order valence-electron chi connectivity index (χ4n) is 5.25. The molecular weight excluding hydrogens is 529 g/mol. The number of nitrogens with zero attached hydrogens (tertiary/aromatic N) is 1. The van der Waals surface area contributed by atoms with Gasteiger partial charge in [0.25, 0.3) is 5.91 Å². The van der Waals surface area contributed by atoms with Crippen molar-refractivity contribution in [1.29, 1.82) is 0 Å². The average Bonchev–Trinajstić information content (AvgIpc) is 3.40. The average molecular weight is 555 g/mol. The number of aryl methyl sites for hydroxylation is 1. The van der Waals surface area contributed by atoms with Crippen molar-refractivity contribution < 1.29 is 22.7 Å². The Bertz CT molecular complexity index is 1620. The van der Waals surface area contributed by atoms with Crippen LogP contribution < -0.4 is 15.4 Å². The fraction of sp³-hybridized carbons (Fsp3) is 0.310. The summed E-state index contributed by atoms with van der Waals surface area (Å²) in [6.07, 6.45) is -2.82. The van der Waals surface area contributed by atoms with Gasteiger partial charge < -0.3 is 20.4 Å². The molecular formula is C29H26ClF3N4O2. The molecule has 0 bridgehead atoms. The van der Waals surface area contributed by atoms with E-state index in [1.807, 2.05) is 32.9 Å². The molecule has 3 N–H and O–H groups in total. The summed E-state index contributed by atoms with van der Waals surface area (Å²) < 4.78 is 46.2. The van der Waals surface area contributed by atoms with E-state index < -0.39 is 28.8 Å². The molecule has 2 heterocycles. The van der Waals surface area contributed by atoms with Gasteiger partial charge in [0.1, 0.15) is 11.4 Å². The van der Waals surface area contributed by atoms with E-state index in [4.69, 9.17) is 16.3 Å². The molecule has 1 amide bonds. The van der Waals surface area contributed by atoms with E-state index >= 15 is 0 Å². The van der Waals surface area contributed by atoms with Crippen LogP contribution in [0.5, 0.6) is 5.75 Å². The van der Waals surface area contributed by atoms with Crippen LogP contribution in [0.1, 0.15) is 59.3 Å². The maximum absolute atomic E-state index is 13.7. The Hall–Kier alpha value is -3.72. The lowest BCUT2D eigenvalue weighted by Crippen LogP contribution is -2.35. The van der Waals surface area contributed by atoms with E-state index in [1.165, 1.54) is 6.07 Å². The number of benzene rings is 3. The molecule has 2 aliphatic rings. The van der Waals surface area contributed by atoms with E-state index in [-0.39, 0.29) is 0 Å². The highest BCUT2D eigenvalue weighted by Crippen LogP contribution is 2.48. The second-order valence-corrected chi connectivity index (χ2v) is 11.3. The number of alkyl halides is 3. The van der Waals surface area contributed by atoms with Crippen LogP contribution in [-0.2, 0) is 18.1 Å². The van der Waals surface area contributed by atoms with Crippen molar-refractivity contribution in [2.45, 2.75) is 57.3 Å². The van der Waals surface area contributed by atoms with E-state index in [0.29, 0.717) is 52.6 Å². The van der Waals surface area contributed by atoms with Gasteiger partial charge in [0.2, 0.25) is 5.95 Å². The molecule has 10 heteroatoms. The number of anilines is 2.